The Morgan fingerprint density at radius 3 is 2.91 bits per heavy atom. The lowest BCUT2D eigenvalue weighted by atomic mass is 10.1. The van der Waals surface area contributed by atoms with E-state index < -0.39 is 5.82 Å². The fourth-order valence-corrected chi connectivity index (χ4v) is 4.49. The van der Waals surface area contributed by atoms with Crippen LogP contribution in [0.2, 0.25) is 0 Å². The molecule has 5 rings (SSSR count). The van der Waals surface area contributed by atoms with E-state index in [1.807, 2.05) is 18.4 Å². The van der Waals surface area contributed by atoms with Crippen molar-refractivity contribution in [1.82, 2.24) is 34.2 Å². The largest absolute Gasteiger partial charge is 0.383 e. The van der Waals surface area contributed by atoms with Crippen LogP contribution in [0.15, 0.2) is 37.4 Å². The first-order valence-corrected chi connectivity index (χ1v) is 11.0. The smallest absolute Gasteiger partial charge is 0.246 e. The van der Waals surface area contributed by atoms with E-state index in [4.69, 9.17) is 5.73 Å². The van der Waals surface area contributed by atoms with Gasteiger partial charge in [0.15, 0.2) is 5.65 Å². The molecule has 2 atom stereocenters. The second kappa shape index (κ2) is 8.26. The van der Waals surface area contributed by atoms with E-state index in [0.717, 1.165) is 0 Å². The number of nitrogen functional groups attached to an aromatic ring is 1. The summed E-state index contributed by atoms with van der Waals surface area (Å²) in [7, 11) is 0. The maximum Gasteiger partial charge on any atom is 0.246 e. The van der Waals surface area contributed by atoms with Crippen molar-refractivity contribution in [3.8, 4) is 11.8 Å². The average Bonchev–Trinajstić information content (AvgIpc) is 3.52. The SMILES string of the molecule is C=CC(=O)N1CC(n2nc(C#Cc3cc4ncn(CC)c4cc3F)c3c(N)ncnc32)C[C@@H]1C. The highest BCUT2D eigenvalue weighted by molar-refractivity contribution is 5.91. The van der Waals surface area contributed by atoms with E-state index in [1.165, 1.54) is 18.5 Å². The second-order valence-electron chi connectivity index (χ2n) is 8.29. The maximum atomic E-state index is 14.8. The fraction of sp³-hybridized carbons (Fsp3) is 0.292. The van der Waals surface area contributed by atoms with Crippen LogP contribution in [-0.2, 0) is 11.3 Å². The second-order valence-corrected chi connectivity index (χ2v) is 8.29. The van der Waals surface area contributed by atoms with E-state index >= 15 is 0 Å². The first-order chi connectivity index (χ1) is 16.4. The molecule has 3 aromatic heterocycles. The number of rotatable bonds is 3. The monoisotopic (exact) mass is 458 g/mol. The summed E-state index contributed by atoms with van der Waals surface area (Å²) in [6, 6.07) is 2.97. The summed E-state index contributed by atoms with van der Waals surface area (Å²) in [5.74, 6) is 5.51. The van der Waals surface area contributed by atoms with Crippen LogP contribution in [0.25, 0.3) is 22.1 Å². The van der Waals surface area contributed by atoms with Gasteiger partial charge in [0.25, 0.3) is 0 Å². The highest BCUT2D eigenvalue weighted by atomic mass is 19.1. The number of nitrogens with two attached hydrogens (primary N) is 1. The van der Waals surface area contributed by atoms with Crippen LogP contribution in [0.4, 0.5) is 10.2 Å². The number of carbonyl (C=O) groups is 1. The van der Waals surface area contributed by atoms with Gasteiger partial charge >= 0.3 is 0 Å². The Bertz CT molecular complexity index is 1510. The van der Waals surface area contributed by atoms with Gasteiger partial charge < -0.3 is 15.2 Å². The third kappa shape index (κ3) is 3.46. The highest BCUT2D eigenvalue weighted by Crippen LogP contribution is 2.31. The molecule has 9 nitrogen and oxygen atoms in total. The Morgan fingerprint density at radius 1 is 1.32 bits per heavy atom. The number of hydrogen-bond donors (Lipinski definition) is 1. The van der Waals surface area contributed by atoms with Crippen molar-refractivity contribution in [1.29, 1.82) is 0 Å². The van der Waals surface area contributed by atoms with Gasteiger partial charge in [-0.1, -0.05) is 12.5 Å². The normalized spacial score (nSPS) is 17.8. The Morgan fingerprint density at radius 2 is 2.15 bits per heavy atom. The zero-order valence-electron chi connectivity index (χ0n) is 18.9. The predicted octanol–water partition coefficient (Wildman–Crippen LogP) is 2.66. The molecule has 1 saturated heterocycles. The molecular weight excluding hydrogens is 435 g/mol. The first-order valence-electron chi connectivity index (χ1n) is 11.0. The van der Waals surface area contributed by atoms with Crippen molar-refractivity contribution in [2.45, 2.75) is 38.9 Å². The molecule has 0 aliphatic carbocycles. The van der Waals surface area contributed by atoms with E-state index in [-0.39, 0.29) is 29.4 Å². The number of benzene rings is 1. The van der Waals surface area contributed by atoms with Gasteiger partial charge in [0.2, 0.25) is 5.91 Å². The van der Waals surface area contributed by atoms with Crippen LogP contribution in [0.5, 0.6) is 0 Å². The number of halogens is 1. The Labute approximate surface area is 195 Å². The number of anilines is 1. The summed E-state index contributed by atoms with van der Waals surface area (Å²) >= 11 is 0. The van der Waals surface area contributed by atoms with Crippen LogP contribution < -0.4 is 5.73 Å². The predicted molar refractivity (Wildman–Crippen MR) is 126 cm³/mol. The summed E-state index contributed by atoms with van der Waals surface area (Å²) in [4.78, 5) is 26.7. The van der Waals surface area contributed by atoms with Crippen molar-refractivity contribution < 1.29 is 9.18 Å². The average molecular weight is 459 g/mol. The Hall–Kier alpha value is -4.26. The zero-order valence-corrected chi connectivity index (χ0v) is 18.9. The number of carbonyl (C=O) groups excluding carboxylic acids is 1. The van der Waals surface area contributed by atoms with Gasteiger partial charge in [-0.15, -0.1) is 0 Å². The van der Waals surface area contributed by atoms with E-state index in [0.29, 0.717) is 47.3 Å². The molecule has 0 radical (unpaired) electrons. The van der Waals surface area contributed by atoms with Crippen molar-refractivity contribution in [3.63, 3.8) is 0 Å². The van der Waals surface area contributed by atoms with Gasteiger partial charge in [0, 0.05) is 25.2 Å². The fourth-order valence-electron chi connectivity index (χ4n) is 4.49. The zero-order chi connectivity index (χ0) is 24.0. The summed E-state index contributed by atoms with van der Waals surface area (Å²) in [6.07, 6.45) is 5.05. The summed E-state index contributed by atoms with van der Waals surface area (Å²) < 4.78 is 18.4. The lowest BCUT2D eigenvalue weighted by Gasteiger charge is -2.19. The summed E-state index contributed by atoms with van der Waals surface area (Å²) in [6.45, 7) is 8.69. The number of nitrogens with zero attached hydrogens (tertiary/aromatic N) is 7. The molecular formula is C24H23FN8O. The van der Waals surface area contributed by atoms with Crippen molar-refractivity contribution >= 4 is 33.8 Å². The minimum atomic E-state index is -0.439. The van der Waals surface area contributed by atoms with Crippen LogP contribution in [-0.4, -0.2) is 52.7 Å². The first kappa shape index (κ1) is 21.6. The van der Waals surface area contributed by atoms with Gasteiger partial charge in [0.05, 0.1) is 34.4 Å². The van der Waals surface area contributed by atoms with Crippen LogP contribution in [0.1, 0.15) is 37.6 Å². The Kier molecular flexibility index (Phi) is 5.24. The van der Waals surface area contributed by atoms with Crippen LogP contribution in [0, 0.1) is 17.7 Å². The molecule has 2 N–H and O–H groups in total. The van der Waals surface area contributed by atoms with Gasteiger partial charge in [-0.05, 0) is 38.3 Å². The van der Waals surface area contributed by atoms with Gasteiger partial charge in [-0.3, -0.25) is 4.79 Å². The molecule has 4 aromatic rings. The molecule has 4 heterocycles. The lowest BCUT2D eigenvalue weighted by Crippen LogP contribution is -2.32. The minimum absolute atomic E-state index is 0.0206. The number of aromatic nitrogens is 6. The molecule has 1 aliphatic heterocycles. The van der Waals surface area contributed by atoms with Crippen LogP contribution >= 0.6 is 0 Å². The van der Waals surface area contributed by atoms with E-state index in [1.54, 1.807) is 22.0 Å². The van der Waals surface area contributed by atoms with Crippen molar-refractivity contribution in [2.24, 2.45) is 0 Å². The van der Waals surface area contributed by atoms with Crippen LogP contribution in [0.3, 0.4) is 0 Å². The quantitative estimate of drug-likeness (QED) is 0.374. The third-order valence-corrected chi connectivity index (χ3v) is 6.24. The molecule has 0 spiro atoms. The lowest BCUT2D eigenvalue weighted by molar-refractivity contribution is -0.126. The molecule has 172 valence electrons. The minimum Gasteiger partial charge on any atom is -0.383 e. The number of aryl methyl sites for hydroxylation is 1. The van der Waals surface area contributed by atoms with E-state index in [2.05, 4.69) is 38.5 Å². The molecule has 1 aromatic carbocycles. The summed E-state index contributed by atoms with van der Waals surface area (Å²) in [5, 5.41) is 5.17. The number of hydrogen-bond acceptors (Lipinski definition) is 6. The Balaban J connectivity index is 1.57. The molecule has 0 saturated carbocycles. The van der Waals surface area contributed by atoms with Gasteiger partial charge in [-0.25, -0.2) is 24.0 Å². The topological polar surface area (TPSA) is 108 Å². The number of fused-ring (bicyclic) bond motifs is 2. The molecule has 1 amide bonds. The molecule has 0 bridgehead atoms. The standard InChI is InChI=1S/C24H23FN8O/c1-4-21(34)32-11-16(8-14(32)3)33-24-22(23(26)27-12-28-24)18(30-33)7-6-15-9-19-20(10-17(15)25)31(5-2)13-29-19/h4,9-10,12-14,16H,1,5,8,11H2,2-3H3,(H2,26,27,28)/t14-,16?/m0/s1. The molecule has 1 fully saturated rings. The van der Waals surface area contributed by atoms with Gasteiger partial charge in [0.1, 0.15) is 23.7 Å². The number of likely N-dealkylation sites (tertiary alicyclic amines) is 1. The highest BCUT2D eigenvalue weighted by Gasteiger charge is 2.34. The van der Waals surface area contributed by atoms with Gasteiger partial charge in [-0.2, -0.15) is 5.10 Å². The molecule has 1 unspecified atom stereocenters. The summed E-state index contributed by atoms with van der Waals surface area (Å²) in [5.41, 5.74) is 8.62. The molecule has 1 aliphatic rings. The maximum absolute atomic E-state index is 14.8. The molecule has 34 heavy (non-hydrogen) atoms. The number of imidazole rings is 1. The van der Waals surface area contributed by atoms with Crippen molar-refractivity contribution in [3.05, 3.63) is 54.5 Å². The van der Waals surface area contributed by atoms with E-state index in [9.17, 15) is 9.18 Å². The number of amides is 1. The third-order valence-electron chi connectivity index (χ3n) is 6.24. The molecule has 10 heteroatoms. The van der Waals surface area contributed by atoms with Crippen molar-refractivity contribution in [2.75, 3.05) is 12.3 Å².